The Kier molecular flexibility index (Phi) is 9.44. The van der Waals surface area contributed by atoms with Crippen LogP contribution in [0.4, 0.5) is 4.79 Å². The van der Waals surface area contributed by atoms with Crippen LogP contribution in [0.3, 0.4) is 0 Å². The van der Waals surface area contributed by atoms with Crippen molar-refractivity contribution in [3.63, 3.8) is 0 Å². The first-order chi connectivity index (χ1) is 16.1. The summed E-state index contributed by atoms with van der Waals surface area (Å²) in [4.78, 5) is 40.0. The number of hydrogen-bond donors (Lipinski definition) is 4. The highest BCUT2D eigenvalue weighted by atomic mass is 16.6. The minimum absolute atomic E-state index is 0.0725. The highest BCUT2D eigenvalue weighted by Crippen LogP contribution is 2.29. The number of phenolic OH excluding ortho intramolecular Hbond substituents is 1. The van der Waals surface area contributed by atoms with Crippen molar-refractivity contribution in [2.75, 3.05) is 13.2 Å². The van der Waals surface area contributed by atoms with Crippen molar-refractivity contribution in [1.82, 2.24) is 15.5 Å². The average molecular weight is 472 g/mol. The Hall–Kier alpha value is -3.59. The van der Waals surface area contributed by atoms with Gasteiger partial charge in [-0.1, -0.05) is 48.5 Å². The third-order valence-electron chi connectivity index (χ3n) is 4.90. The summed E-state index contributed by atoms with van der Waals surface area (Å²) in [5, 5.41) is 25.4. The van der Waals surface area contributed by atoms with Gasteiger partial charge in [-0.15, -0.1) is 0 Å². The van der Waals surface area contributed by atoms with Gasteiger partial charge in [-0.25, -0.2) is 4.79 Å². The number of alkyl carbamates (subject to hydrolysis) is 1. The Morgan fingerprint density at radius 3 is 2.21 bits per heavy atom. The first-order valence-electron chi connectivity index (χ1n) is 11.1. The number of carbonyl (C=O) groups excluding carboxylic acids is 3. The molecule has 0 spiro atoms. The van der Waals surface area contributed by atoms with Gasteiger partial charge in [-0.3, -0.25) is 9.59 Å². The van der Waals surface area contributed by atoms with E-state index in [-0.39, 0.29) is 24.4 Å². The van der Waals surface area contributed by atoms with Crippen molar-refractivity contribution < 1.29 is 29.3 Å². The summed E-state index contributed by atoms with van der Waals surface area (Å²) in [5.74, 6) is -1.37. The highest BCUT2D eigenvalue weighted by molar-refractivity contribution is 5.92. The summed E-state index contributed by atoms with van der Waals surface area (Å²) in [5.41, 5.74) is 0.283. The summed E-state index contributed by atoms with van der Waals surface area (Å²) in [6.45, 7) is 6.27. The molecule has 184 valence electrons. The molecule has 0 aliphatic heterocycles. The van der Waals surface area contributed by atoms with E-state index in [0.29, 0.717) is 0 Å². The molecule has 0 aromatic heterocycles. The lowest BCUT2D eigenvalue weighted by Crippen LogP contribution is -2.54. The van der Waals surface area contributed by atoms with Gasteiger partial charge >= 0.3 is 6.09 Å². The number of aliphatic hydroxyl groups excluding tert-OH is 1. The number of likely N-dealkylation sites (N-methyl/N-ethyl adjacent to an activating group) is 1. The molecule has 9 nitrogen and oxygen atoms in total. The van der Waals surface area contributed by atoms with Crippen molar-refractivity contribution in [3.8, 4) is 5.75 Å². The minimum atomic E-state index is -1.34. The maximum Gasteiger partial charge on any atom is 0.408 e. The highest BCUT2D eigenvalue weighted by Gasteiger charge is 2.36. The molecular formula is C25H33N3O6. The van der Waals surface area contributed by atoms with Crippen molar-refractivity contribution in [3.05, 3.63) is 65.7 Å². The van der Waals surface area contributed by atoms with Crippen LogP contribution >= 0.6 is 0 Å². The lowest BCUT2D eigenvalue weighted by atomic mass is 10.0. The number of aliphatic hydroxyl groups is 1. The number of para-hydroxylation sites is 1. The summed E-state index contributed by atoms with van der Waals surface area (Å²) in [7, 11) is 0. The van der Waals surface area contributed by atoms with Gasteiger partial charge in [0.2, 0.25) is 11.8 Å². The second kappa shape index (κ2) is 12.0. The number of hydrogen-bond acceptors (Lipinski definition) is 6. The first kappa shape index (κ1) is 26.7. The van der Waals surface area contributed by atoms with E-state index in [1.165, 1.54) is 11.0 Å². The van der Waals surface area contributed by atoms with E-state index in [4.69, 9.17) is 4.74 Å². The molecule has 34 heavy (non-hydrogen) atoms. The fraction of sp³-hybridized carbons (Fsp3) is 0.400. The molecule has 0 heterocycles. The lowest BCUT2D eigenvalue weighted by Gasteiger charge is -2.33. The molecule has 0 fully saturated rings. The summed E-state index contributed by atoms with van der Waals surface area (Å²) < 4.78 is 5.18. The van der Waals surface area contributed by atoms with Gasteiger partial charge in [0.05, 0.1) is 6.61 Å². The number of nitrogens with zero attached hydrogens (tertiary/aromatic N) is 1. The van der Waals surface area contributed by atoms with Gasteiger partial charge < -0.3 is 30.5 Å². The predicted octanol–water partition coefficient (Wildman–Crippen LogP) is 2.48. The molecule has 0 saturated carbocycles. The molecule has 2 aromatic carbocycles. The number of ether oxygens (including phenoxy) is 1. The smallest absolute Gasteiger partial charge is 0.408 e. The number of amides is 3. The van der Waals surface area contributed by atoms with E-state index in [2.05, 4.69) is 10.6 Å². The van der Waals surface area contributed by atoms with Crippen LogP contribution in [-0.4, -0.2) is 57.8 Å². The molecule has 0 bridgehead atoms. The van der Waals surface area contributed by atoms with Crippen molar-refractivity contribution in [2.24, 2.45) is 0 Å². The molecule has 3 amide bonds. The van der Waals surface area contributed by atoms with Crippen LogP contribution in [0.25, 0.3) is 0 Å². The quantitative estimate of drug-likeness (QED) is 0.445. The number of nitrogens with one attached hydrogen (secondary N) is 2. The third-order valence-corrected chi connectivity index (χ3v) is 4.90. The van der Waals surface area contributed by atoms with Gasteiger partial charge in [-0.05, 0) is 39.3 Å². The zero-order chi connectivity index (χ0) is 25.3. The van der Waals surface area contributed by atoms with Gasteiger partial charge in [0.25, 0.3) is 0 Å². The standard InChI is InChI=1S/C25H33N3O6/c1-5-28(23(32)19(16-29)27-24(33)34-25(2,3)4)21(18-13-9-10-14-20(18)30)22(31)26-15-17-11-7-6-8-12-17/h6-14,19,21,29-30H,5,15-16H2,1-4H3,(H,26,31)(H,27,33). The minimum Gasteiger partial charge on any atom is -0.508 e. The number of benzene rings is 2. The van der Waals surface area contributed by atoms with Crippen LogP contribution in [-0.2, 0) is 20.9 Å². The molecule has 2 aromatic rings. The number of phenols is 1. The number of carbonyl (C=O) groups is 3. The summed E-state index contributed by atoms with van der Waals surface area (Å²) >= 11 is 0. The van der Waals surface area contributed by atoms with Crippen LogP contribution in [0, 0.1) is 0 Å². The Balaban J connectivity index is 2.32. The predicted molar refractivity (Wildman–Crippen MR) is 127 cm³/mol. The lowest BCUT2D eigenvalue weighted by molar-refractivity contribution is -0.143. The Morgan fingerprint density at radius 2 is 1.65 bits per heavy atom. The zero-order valence-electron chi connectivity index (χ0n) is 19.9. The first-order valence-corrected chi connectivity index (χ1v) is 11.1. The molecule has 0 aliphatic carbocycles. The van der Waals surface area contributed by atoms with E-state index >= 15 is 0 Å². The van der Waals surface area contributed by atoms with Crippen molar-refractivity contribution in [1.29, 1.82) is 0 Å². The molecule has 2 atom stereocenters. The monoisotopic (exact) mass is 471 g/mol. The van der Waals surface area contributed by atoms with E-state index in [1.54, 1.807) is 45.9 Å². The fourth-order valence-electron chi connectivity index (χ4n) is 3.35. The van der Waals surface area contributed by atoms with Crippen LogP contribution in [0.2, 0.25) is 0 Å². The SMILES string of the molecule is CCN(C(=O)C(CO)NC(=O)OC(C)(C)C)C(C(=O)NCc1ccccc1)c1ccccc1O. The van der Waals surface area contributed by atoms with E-state index in [9.17, 15) is 24.6 Å². The largest absolute Gasteiger partial charge is 0.508 e. The van der Waals surface area contributed by atoms with Crippen molar-refractivity contribution >= 4 is 17.9 Å². The van der Waals surface area contributed by atoms with Crippen LogP contribution in [0.5, 0.6) is 5.75 Å². The molecule has 9 heteroatoms. The molecular weight excluding hydrogens is 438 g/mol. The van der Waals surface area contributed by atoms with Crippen LogP contribution < -0.4 is 10.6 Å². The maximum atomic E-state index is 13.3. The molecule has 2 unspecified atom stereocenters. The normalized spacial score (nSPS) is 12.9. The Labute approximate surface area is 199 Å². The van der Waals surface area contributed by atoms with Crippen LogP contribution in [0.1, 0.15) is 44.9 Å². The van der Waals surface area contributed by atoms with Gasteiger partial charge in [0, 0.05) is 18.7 Å². The van der Waals surface area contributed by atoms with Gasteiger partial charge in [0.1, 0.15) is 23.4 Å². The fourth-order valence-corrected chi connectivity index (χ4v) is 3.35. The second-order valence-electron chi connectivity index (χ2n) is 8.67. The summed E-state index contributed by atoms with van der Waals surface area (Å²) in [6, 6.07) is 12.9. The Morgan fingerprint density at radius 1 is 1.03 bits per heavy atom. The summed E-state index contributed by atoms with van der Waals surface area (Å²) in [6.07, 6.45) is -0.872. The van der Waals surface area contributed by atoms with Gasteiger partial charge in [-0.2, -0.15) is 0 Å². The molecule has 0 radical (unpaired) electrons. The number of aromatic hydroxyl groups is 1. The topological polar surface area (TPSA) is 128 Å². The van der Waals surface area contributed by atoms with E-state index < -0.39 is 42.2 Å². The molecule has 0 aliphatic rings. The third kappa shape index (κ3) is 7.48. The second-order valence-corrected chi connectivity index (χ2v) is 8.67. The molecule has 2 rings (SSSR count). The van der Waals surface area contributed by atoms with Crippen molar-refractivity contribution in [2.45, 2.75) is 51.9 Å². The van der Waals surface area contributed by atoms with E-state index in [0.717, 1.165) is 5.56 Å². The maximum absolute atomic E-state index is 13.3. The van der Waals surface area contributed by atoms with Gasteiger partial charge in [0.15, 0.2) is 0 Å². The Bertz CT molecular complexity index is 974. The van der Waals surface area contributed by atoms with E-state index in [1.807, 2.05) is 30.3 Å². The number of rotatable bonds is 9. The molecule has 0 saturated heterocycles. The average Bonchev–Trinajstić information content (AvgIpc) is 2.79. The molecule has 4 N–H and O–H groups in total. The zero-order valence-corrected chi connectivity index (χ0v) is 19.9. The van der Waals surface area contributed by atoms with Crippen LogP contribution in [0.15, 0.2) is 54.6 Å².